The number of nitrogens with zero attached hydrogens (tertiary/aromatic N) is 1. The first-order valence-corrected chi connectivity index (χ1v) is 8.89. The maximum atomic E-state index is 11.6. The molecule has 0 atom stereocenters. The maximum absolute atomic E-state index is 11.6. The number of hydrogen-bond donors (Lipinski definition) is 1. The molecule has 0 bridgehead atoms. The van der Waals surface area contributed by atoms with Crippen molar-refractivity contribution in [1.29, 1.82) is 0 Å². The lowest BCUT2D eigenvalue weighted by atomic mass is 10.3. The van der Waals surface area contributed by atoms with Gasteiger partial charge in [0.1, 0.15) is 5.75 Å². The number of amides is 1. The van der Waals surface area contributed by atoms with E-state index in [1.807, 2.05) is 24.3 Å². The highest BCUT2D eigenvalue weighted by Gasteiger charge is 2.05. The van der Waals surface area contributed by atoms with Crippen LogP contribution < -0.4 is 10.2 Å². The van der Waals surface area contributed by atoms with Gasteiger partial charge in [-0.25, -0.2) is 5.43 Å². The molecule has 1 aromatic heterocycles. The third kappa shape index (κ3) is 5.54. The normalized spacial score (nSPS) is 10.8. The summed E-state index contributed by atoms with van der Waals surface area (Å²) in [6, 6.07) is 9.28. The lowest BCUT2D eigenvalue weighted by molar-refractivity contribution is -0.123. The molecule has 21 heavy (non-hydrogen) atoms. The van der Waals surface area contributed by atoms with Gasteiger partial charge in [-0.3, -0.25) is 4.79 Å². The van der Waals surface area contributed by atoms with Crippen LogP contribution in [0.15, 0.2) is 48.2 Å². The van der Waals surface area contributed by atoms with Crippen molar-refractivity contribution >= 4 is 71.2 Å². The number of thiophene rings is 1. The second kappa shape index (κ2) is 8.07. The van der Waals surface area contributed by atoms with Crippen LogP contribution in [0.4, 0.5) is 0 Å². The van der Waals surface area contributed by atoms with Gasteiger partial charge in [-0.15, -0.1) is 11.3 Å². The summed E-state index contributed by atoms with van der Waals surface area (Å²) < 4.78 is 8.12. The van der Waals surface area contributed by atoms with E-state index < -0.39 is 0 Å². The molecule has 0 radical (unpaired) electrons. The number of benzene rings is 1. The standard InChI is InChI=1S/C13H9Br3N2O2S/c14-8-1-3-11(10(15)5-8)20-7-13(19)18-17-6-9-2-4-12(16)21-9/h1-6H,7H2,(H,18,19). The third-order valence-electron chi connectivity index (χ3n) is 2.23. The molecule has 1 amide bonds. The molecule has 110 valence electrons. The van der Waals surface area contributed by atoms with Crippen LogP contribution in [0.3, 0.4) is 0 Å². The molecule has 0 saturated heterocycles. The summed E-state index contributed by atoms with van der Waals surface area (Å²) in [4.78, 5) is 12.6. The van der Waals surface area contributed by atoms with Gasteiger partial charge in [-0.1, -0.05) is 15.9 Å². The maximum Gasteiger partial charge on any atom is 0.277 e. The quantitative estimate of drug-likeness (QED) is 0.487. The number of rotatable bonds is 5. The van der Waals surface area contributed by atoms with Crippen molar-refractivity contribution in [2.75, 3.05) is 6.61 Å². The van der Waals surface area contributed by atoms with Crippen LogP contribution in [0.5, 0.6) is 5.75 Å². The van der Waals surface area contributed by atoms with Crippen molar-refractivity contribution in [1.82, 2.24) is 5.43 Å². The Bertz CT molecular complexity index is 673. The summed E-state index contributed by atoms with van der Waals surface area (Å²) in [6.45, 7) is -0.105. The Balaban J connectivity index is 1.81. The van der Waals surface area contributed by atoms with Crippen LogP contribution in [-0.4, -0.2) is 18.7 Å². The Hall–Kier alpha value is -0.700. The lowest BCUT2D eigenvalue weighted by Crippen LogP contribution is -2.24. The van der Waals surface area contributed by atoms with Crippen molar-refractivity contribution in [3.8, 4) is 5.75 Å². The molecule has 0 aliphatic carbocycles. The zero-order valence-electron chi connectivity index (χ0n) is 10.5. The highest BCUT2D eigenvalue weighted by molar-refractivity contribution is 9.11. The third-order valence-corrected chi connectivity index (χ3v) is 4.90. The van der Waals surface area contributed by atoms with E-state index in [1.165, 1.54) is 11.3 Å². The summed E-state index contributed by atoms with van der Waals surface area (Å²) in [5, 5.41) is 3.87. The minimum Gasteiger partial charge on any atom is -0.483 e. The van der Waals surface area contributed by atoms with Crippen molar-refractivity contribution in [2.24, 2.45) is 5.10 Å². The fourth-order valence-corrected chi connectivity index (χ4v) is 3.79. The van der Waals surface area contributed by atoms with Crippen molar-refractivity contribution in [3.63, 3.8) is 0 Å². The van der Waals surface area contributed by atoms with Crippen molar-refractivity contribution in [3.05, 3.63) is 47.9 Å². The molecule has 1 aromatic carbocycles. The van der Waals surface area contributed by atoms with Gasteiger partial charge >= 0.3 is 0 Å². The fourth-order valence-electron chi connectivity index (χ4n) is 1.33. The molecule has 2 aromatic rings. The van der Waals surface area contributed by atoms with Crippen LogP contribution in [-0.2, 0) is 4.79 Å². The number of nitrogens with one attached hydrogen (secondary N) is 1. The molecular formula is C13H9Br3N2O2S. The minimum absolute atomic E-state index is 0.105. The number of carbonyl (C=O) groups excluding carboxylic acids is 1. The predicted octanol–water partition coefficient (Wildman–Crippen LogP) is 4.56. The Morgan fingerprint density at radius 2 is 2.10 bits per heavy atom. The SMILES string of the molecule is O=C(COc1ccc(Br)cc1Br)NN=Cc1ccc(Br)s1. The lowest BCUT2D eigenvalue weighted by Gasteiger charge is -2.07. The molecule has 0 fully saturated rings. The average molecular weight is 497 g/mol. The number of carbonyl (C=O) groups is 1. The Labute approximate surface area is 151 Å². The highest BCUT2D eigenvalue weighted by Crippen LogP contribution is 2.28. The first kappa shape index (κ1) is 16.7. The zero-order chi connectivity index (χ0) is 15.2. The van der Waals surface area contributed by atoms with E-state index >= 15 is 0 Å². The van der Waals surface area contributed by atoms with Gasteiger partial charge in [-0.2, -0.15) is 5.10 Å². The topological polar surface area (TPSA) is 50.7 Å². The molecule has 2 rings (SSSR count). The number of halogens is 3. The van der Waals surface area contributed by atoms with E-state index in [0.717, 1.165) is 17.6 Å². The summed E-state index contributed by atoms with van der Waals surface area (Å²) in [5.74, 6) is 0.274. The second-order valence-electron chi connectivity index (χ2n) is 3.80. The van der Waals surface area contributed by atoms with E-state index in [0.29, 0.717) is 5.75 Å². The van der Waals surface area contributed by atoms with Crippen molar-refractivity contribution in [2.45, 2.75) is 0 Å². The molecule has 0 aliphatic heterocycles. The average Bonchev–Trinajstić information content (AvgIpc) is 2.83. The van der Waals surface area contributed by atoms with Crippen LogP contribution in [0.1, 0.15) is 4.88 Å². The largest absolute Gasteiger partial charge is 0.483 e. The monoisotopic (exact) mass is 494 g/mol. The van der Waals surface area contributed by atoms with Gasteiger partial charge in [0.25, 0.3) is 5.91 Å². The number of hydrogen-bond acceptors (Lipinski definition) is 4. The molecule has 4 nitrogen and oxygen atoms in total. The Kier molecular flexibility index (Phi) is 6.40. The van der Waals surface area contributed by atoms with Crippen LogP contribution in [0.2, 0.25) is 0 Å². The minimum atomic E-state index is -0.323. The molecule has 8 heteroatoms. The Morgan fingerprint density at radius 3 is 2.76 bits per heavy atom. The van der Waals surface area contributed by atoms with Crippen LogP contribution in [0.25, 0.3) is 0 Å². The summed E-state index contributed by atoms with van der Waals surface area (Å²) in [7, 11) is 0. The van der Waals surface area contributed by atoms with Gasteiger partial charge in [0.2, 0.25) is 0 Å². The van der Waals surface area contributed by atoms with Crippen LogP contribution >= 0.6 is 59.1 Å². The van der Waals surface area contributed by atoms with Gasteiger partial charge in [0, 0.05) is 9.35 Å². The van der Waals surface area contributed by atoms with E-state index in [1.54, 1.807) is 12.3 Å². The smallest absolute Gasteiger partial charge is 0.277 e. The van der Waals surface area contributed by atoms with Gasteiger partial charge < -0.3 is 4.74 Å². The summed E-state index contributed by atoms with van der Waals surface area (Å²) in [6.07, 6.45) is 1.59. The first-order chi connectivity index (χ1) is 10.0. The van der Waals surface area contributed by atoms with Crippen LogP contribution in [0, 0.1) is 0 Å². The molecule has 1 heterocycles. The zero-order valence-corrected chi connectivity index (χ0v) is 16.1. The van der Waals surface area contributed by atoms with E-state index in [-0.39, 0.29) is 12.5 Å². The first-order valence-electron chi connectivity index (χ1n) is 5.69. The van der Waals surface area contributed by atoms with Crippen molar-refractivity contribution < 1.29 is 9.53 Å². The molecule has 0 unspecified atom stereocenters. The van der Waals surface area contributed by atoms with E-state index in [2.05, 4.69) is 58.3 Å². The van der Waals surface area contributed by atoms with Gasteiger partial charge in [0.15, 0.2) is 6.61 Å². The molecular weight excluding hydrogens is 488 g/mol. The number of ether oxygens (including phenoxy) is 1. The van der Waals surface area contributed by atoms with E-state index in [4.69, 9.17) is 4.74 Å². The van der Waals surface area contributed by atoms with E-state index in [9.17, 15) is 4.79 Å². The Morgan fingerprint density at radius 1 is 1.29 bits per heavy atom. The summed E-state index contributed by atoms with van der Waals surface area (Å²) >= 11 is 11.6. The number of hydrazone groups is 1. The molecule has 1 N–H and O–H groups in total. The van der Waals surface area contributed by atoms with Gasteiger partial charge in [0.05, 0.1) is 14.5 Å². The molecule has 0 spiro atoms. The highest BCUT2D eigenvalue weighted by atomic mass is 79.9. The second-order valence-corrected chi connectivity index (χ2v) is 8.06. The molecule has 0 aliphatic rings. The predicted molar refractivity (Wildman–Crippen MR) is 95.1 cm³/mol. The van der Waals surface area contributed by atoms with Gasteiger partial charge in [-0.05, 0) is 62.2 Å². The fraction of sp³-hybridized carbons (Fsp3) is 0.0769. The summed E-state index contributed by atoms with van der Waals surface area (Å²) in [5.41, 5.74) is 2.41. The molecule has 0 saturated carbocycles.